The van der Waals surface area contributed by atoms with Crippen molar-refractivity contribution in [3.05, 3.63) is 266 Å². The number of rotatable bonds is 14. The fourth-order valence-electron chi connectivity index (χ4n) is 18.2. The molecule has 11 aromatic carbocycles. The van der Waals surface area contributed by atoms with Gasteiger partial charge in [0, 0.05) is 44.3 Å². The smallest absolute Gasteiger partial charge is 0.0620 e. The van der Waals surface area contributed by atoms with E-state index in [1.807, 2.05) is 0 Å². The van der Waals surface area contributed by atoms with Gasteiger partial charge in [0.1, 0.15) is 0 Å². The predicted molar refractivity (Wildman–Crippen MR) is 375 cm³/mol. The van der Waals surface area contributed by atoms with Gasteiger partial charge in [0.2, 0.25) is 0 Å². The molecule has 4 aliphatic rings. The molecule has 0 aliphatic heterocycles. The molecule has 4 saturated carbocycles. The maximum atomic E-state index is 2.74. The minimum Gasteiger partial charge on any atom is -0.309 e. The van der Waals surface area contributed by atoms with Gasteiger partial charge in [-0.3, -0.25) is 0 Å². The number of fused-ring (bicyclic) bond motifs is 6. The lowest BCUT2D eigenvalue weighted by atomic mass is 9.54. The number of benzene rings is 11. The summed E-state index contributed by atoms with van der Waals surface area (Å²) in [6.45, 7) is 10.0. The molecule has 2 heteroatoms. The minimum absolute atomic E-state index is 0.107. The summed E-state index contributed by atoms with van der Waals surface area (Å²) in [7, 11) is 0. The lowest BCUT2D eigenvalue weighted by molar-refractivity contribution is 0.0702. The van der Waals surface area contributed by atoms with Crippen molar-refractivity contribution in [3.63, 3.8) is 0 Å². The van der Waals surface area contributed by atoms with Crippen molar-refractivity contribution in [2.24, 2.45) is 35.5 Å². The van der Waals surface area contributed by atoms with E-state index in [-0.39, 0.29) is 10.8 Å². The highest BCUT2D eigenvalue weighted by Gasteiger charge is 2.48. The SMILES string of the molecule is CCC1CC2CC(C)CC(c3ccc4c(N(c5ccc(-c6ccccc6)cc5)c5ccc(-c6ccccc6)cc5)c5cc(C67CC(C)CC(CC(CC)C6)C7)ccc5c(N(c5ccc(-c6ccccc6)cc5)c5ccc(-c6ccccc6)cc5)c4c3)(C1)C2. The molecule has 2 nitrogen and oxygen atoms in total. The van der Waals surface area contributed by atoms with Crippen molar-refractivity contribution >= 4 is 55.7 Å². The first kappa shape index (κ1) is 56.1. The third-order valence-electron chi connectivity index (χ3n) is 21.8. The van der Waals surface area contributed by atoms with Crippen molar-refractivity contribution in [1.29, 1.82) is 0 Å². The van der Waals surface area contributed by atoms with Crippen LogP contribution in [0.15, 0.2) is 255 Å². The van der Waals surface area contributed by atoms with Gasteiger partial charge in [0.15, 0.2) is 0 Å². The predicted octanol–water partition coefficient (Wildman–Crippen LogP) is 24.6. The molecule has 0 aromatic heterocycles. The third kappa shape index (κ3) is 10.5. The Kier molecular flexibility index (Phi) is 15.0. The van der Waals surface area contributed by atoms with Crippen LogP contribution in [0.2, 0.25) is 0 Å². The van der Waals surface area contributed by atoms with Gasteiger partial charge < -0.3 is 9.80 Å². The van der Waals surface area contributed by atoms with Crippen LogP contribution < -0.4 is 9.80 Å². The molecule has 0 saturated heterocycles. The highest BCUT2D eigenvalue weighted by molar-refractivity contribution is 6.23. The minimum atomic E-state index is 0.107. The molecule has 0 N–H and O–H groups in total. The molecule has 438 valence electrons. The van der Waals surface area contributed by atoms with Crippen molar-refractivity contribution < 1.29 is 0 Å². The second-order valence-corrected chi connectivity index (χ2v) is 27.8. The Labute approximate surface area is 524 Å². The summed E-state index contributed by atoms with van der Waals surface area (Å²) in [5.74, 6) is 4.34. The van der Waals surface area contributed by atoms with Gasteiger partial charge >= 0.3 is 0 Å². The number of anilines is 6. The van der Waals surface area contributed by atoms with Crippen LogP contribution in [0.25, 0.3) is 66.1 Å². The first-order valence-corrected chi connectivity index (χ1v) is 33.5. The second kappa shape index (κ2) is 23.6. The summed E-state index contributed by atoms with van der Waals surface area (Å²) in [5, 5.41) is 5.15. The van der Waals surface area contributed by atoms with Gasteiger partial charge in [0.05, 0.1) is 11.4 Å². The molecule has 0 heterocycles. The Morgan fingerprint density at radius 3 is 0.864 bits per heavy atom. The van der Waals surface area contributed by atoms with Crippen molar-refractivity contribution in [2.75, 3.05) is 9.80 Å². The first-order chi connectivity index (χ1) is 43.2. The zero-order valence-electron chi connectivity index (χ0n) is 52.1. The zero-order chi connectivity index (χ0) is 59.3. The van der Waals surface area contributed by atoms with E-state index in [1.165, 1.54) is 166 Å². The van der Waals surface area contributed by atoms with E-state index >= 15 is 0 Å². The van der Waals surface area contributed by atoms with Gasteiger partial charge in [-0.05, 0) is 227 Å². The molecule has 0 radical (unpaired) electrons. The Morgan fingerprint density at radius 1 is 0.295 bits per heavy atom. The molecule has 4 aliphatic carbocycles. The first-order valence-electron chi connectivity index (χ1n) is 33.5. The maximum Gasteiger partial charge on any atom is 0.0620 e. The van der Waals surface area contributed by atoms with Crippen LogP contribution in [0.1, 0.15) is 116 Å². The number of hydrogen-bond acceptors (Lipinski definition) is 2. The normalized spacial score (nSPS) is 23.2. The summed E-state index contributed by atoms with van der Waals surface area (Å²) < 4.78 is 0. The topological polar surface area (TPSA) is 6.48 Å². The van der Waals surface area contributed by atoms with Gasteiger partial charge in [0.25, 0.3) is 0 Å². The van der Waals surface area contributed by atoms with Crippen LogP contribution in [0.3, 0.4) is 0 Å². The molecule has 0 amide bonds. The summed E-state index contributed by atoms with van der Waals surface area (Å²) in [6.07, 6.45) is 15.5. The van der Waals surface area contributed by atoms with E-state index < -0.39 is 0 Å². The lowest BCUT2D eigenvalue weighted by Crippen LogP contribution is -2.42. The van der Waals surface area contributed by atoms with Gasteiger partial charge in [-0.2, -0.15) is 0 Å². The van der Waals surface area contributed by atoms with Gasteiger partial charge in [-0.25, -0.2) is 0 Å². The quantitative estimate of drug-likeness (QED) is 0.0791. The largest absolute Gasteiger partial charge is 0.309 e. The molecular formula is C86H84N2. The van der Waals surface area contributed by atoms with Gasteiger partial charge in [-0.15, -0.1) is 0 Å². The van der Waals surface area contributed by atoms with E-state index in [2.05, 4.69) is 292 Å². The Bertz CT molecular complexity index is 3760. The van der Waals surface area contributed by atoms with Crippen LogP contribution in [0.5, 0.6) is 0 Å². The summed E-state index contributed by atoms with van der Waals surface area (Å²) in [4.78, 5) is 5.30. The average molecular weight is 1150 g/mol. The van der Waals surface area contributed by atoms with E-state index in [9.17, 15) is 0 Å². The van der Waals surface area contributed by atoms with Gasteiger partial charge in [-0.1, -0.05) is 235 Å². The molecular weight excluding hydrogens is 1060 g/mol. The summed E-state index contributed by atoms with van der Waals surface area (Å²) in [5.41, 5.74) is 20.1. The van der Waals surface area contributed by atoms with E-state index in [0.717, 1.165) is 46.4 Å². The van der Waals surface area contributed by atoms with Crippen LogP contribution in [0, 0.1) is 35.5 Å². The fourth-order valence-corrected chi connectivity index (χ4v) is 18.2. The third-order valence-corrected chi connectivity index (χ3v) is 21.8. The Hall–Kier alpha value is -8.46. The standard InChI is InChI=1S/C86H84N2/c1-5-61-49-63-47-59(3)53-85(55-61,57-63)73-35-45-79-81(51-73)83(87(75-37-27-69(28-38-75)65-19-11-7-12-20-65)76-39-29-70(30-40-76)66-21-13-8-14-22-66)80-46-36-74(86-54-60(4)48-64(58-86)50-62(6-2)56-86)52-82(80)84(79)88(77-41-31-71(32-42-77)67-23-15-9-16-24-67)78-43-33-72(34-44-78)68-25-17-10-18-26-68/h7-46,51-52,59-64H,5-6,47-50,53-58H2,1-4H3. The molecule has 15 rings (SSSR count). The molecule has 88 heavy (non-hydrogen) atoms. The molecule has 4 fully saturated rings. The van der Waals surface area contributed by atoms with Crippen LogP contribution in [0.4, 0.5) is 34.1 Å². The van der Waals surface area contributed by atoms with E-state index in [1.54, 1.807) is 0 Å². The fraction of sp³-hybridized carbons (Fsp3) is 0.279. The summed E-state index contributed by atoms with van der Waals surface area (Å²) >= 11 is 0. The monoisotopic (exact) mass is 1140 g/mol. The summed E-state index contributed by atoms with van der Waals surface area (Å²) in [6, 6.07) is 97.4. The molecule has 0 spiro atoms. The highest BCUT2D eigenvalue weighted by atomic mass is 15.2. The molecule has 8 atom stereocenters. The average Bonchev–Trinajstić information content (AvgIpc) is 0.974. The van der Waals surface area contributed by atoms with Crippen LogP contribution >= 0.6 is 0 Å². The van der Waals surface area contributed by atoms with Crippen LogP contribution in [-0.2, 0) is 10.8 Å². The second-order valence-electron chi connectivity index (χ2n) is 27.8. The number of hydrogen-bond donors (Lipinski definition) is 0. The molecule has 11 aromatic rings. The number of nitrogens with zero attached hydrogens (tertiary/aromatic N) is 2. The van der Waals surface area contributed by atoms with Crippen molar-refractivity contribution in [2.45, 2.75) is 116 Å². The maximum absolute atomic E-state index is 2.74. The van der Waals surface area contributed by atoms with Crippen LogP contribution in [-0.4, -0.2) is 0 Å². The molecule has 8 unspecified atom stereocenters. The Morgan fingerprint density at radius 2 is 0.580 bits per heavy atom. The van der Waals surface area contributed by atoms with Crippen molar-refractivity contribution in [3.8, 4) is 44.5 Å². The van der Waals surface area contributed by atoms with E-state index in [4.69, 9.17) is 0 Å². The van der Waals surface area contributed by atoms with Crippen molar-refractivity contribution in [1.82, 2.24) is 0 Å². The highest BCUT2D eigenvalue weighted by Crippen LogP contribution is 2.60. The Balaban J connectivity index is 1.05. The molecule has 4 bridgehead atoms. The zero-order valence-corrected chi connectivity index (χ0v) is 52.1. The van der Waals surface area contributed by atoms with E-state index in [0.29, 0.717) is 11.8 Å². The lowest BCUT2D eigenvalue weighted by Gasteiger charge is -2.51.